The molecule has 1 atom stereocenters. The zero-order chi connectivity index (χ0) is 16.4. The van der Waals surface area contributed by atoms with Gasteiger partial charge in [-0.05, 0) is 30.7 Å². The number of rotatable bonds is 3. The topological polar surface area (TPSA) is 97.5 Å². The summed E-state index contributed by atoms with van der Waals surface area (Å²) in [5.41, 5.74) is 2.14. The van der Waals surface area contributed by atoms with Gasteiger partial charge in [0.15, 0.2) is 6.10 Å². The lowest BCUT2D eigenvalue weighted by molar-refractivity contribution is -0.154. The Bertz CT molecular complexity index is 729. The van der Waals surface area contributed by atoms with Crippen LogP contribution in [0.15, 0.2) is 30.9 Å². The molecule has 23 heavy (non-hydrogen) atoms. The zero-order valence-electron chi connectivity index (χ0n) is 12.5. The van der Waals surface area contributed by atoms with Crippen LogP contribution in [0.2, 0.25) is 0 Å². The van der Waals surface area contributed by atoms with Gasteiger partial charge in [-0.2, -0.15) is 5.10 Å². The van der Waals surface area contributed by atoms with Crippen molar-refractivity contribution >= 4 is 11.9 Å². The molecule has 0 bridgehead atoms. The van der Waals surface area contributed by atoms with E-state index in [9.17, 15) is 9.59 Å². The van der Waals surface area contributed by atoms with Gasteiger partial charge in [-0.1, -0.05) is 0 Å². The van der Waals surface area contributed by atoms with Crippen LogP contribution in [-0.4, -0.2) is 62.4 Å². The van der Waals surface area contributed by atoms with Crippen molar-refractivity contribution in [1.29, 1.82) is 0 Å². The second-order valence-electron chi connectivity index (χ2n) is 5.29. The molecule has 1 amide bonds. The minimum absolute atomic E-state index is 0.0540. The molecule has 1 aromatic heterocycles. The predicted octanol–water partition coefficient (Wildman–Crippen LogP) is 0.501. The first-order valence-electron chi connectivity index (χ1n) is 7.15. The third-order valence-corrected chi connectivity index (χ3v) is 3.75. The summed E-state index contributed by atoms with van der Waals surface area (Å²) in [5.74, 6) is -1.25. The first-order valence-corrected chi connectivity index (χ1v) is 7.15. The van der Waals surface area contributed by atoms with Gasteiger partial charge in [0, 0.05) is 12.1 Å². The Balaban J connectivity index is 1.81. The number of aromatic nitrogens is 3. The molecule has 0 aliphatic carbocycles. The van der Waals surface area contributed by atoms with Gasteiger partial charge in [-0.3, -0.25) is 4.79 Å². The fourth-order valence-electron chi connectivity index (χ4n) is 2.53. The molecule has 1 N–H and O–H groups in total. The van der Waals surface area contributed by atoms with Gasteiger partial charge in [0.25, 0.3) is 5.91 Å². The average molecular weight is 316 g/mol. The number of nitrogens with zero attached hydrogens (tertiary/aromatic N) is 4. The number of amides is 1. The quantitative estimate of drug-likeness (QED) is 0.885. The van der Waals surface area contributed by atoms with Crippen LogP contribution in [0, 0.1) is 6.92 Å². The number of carboxylic acid groups (broad SMARTS) is 1. The Kier molecular flexibility index (Phi) is 4.07. The van der Waals surface area contributed by atoms with E-state index in [1.807, 2.05) is 13.0 Å². The molecule has 8 nitrogen and oxygen atoms in total. The molecule has 2 heterocycles. The van der Waals surface area contributed by atoms with Gasteiger partial charge in [0.1, 0.15) is 12.7 Å². The van der Waals surface area contributed by atoms with Crippen molar-refractivity contribution in [2.75, 3.05) is 19.7 Å². The van der Waals surface area contributed by atoms with Crippen molar-refractivity contribution in [2.45, 2.75) is 13.0 Å². The van der Waals surface area contributed by atoms with Crippen molar-refractivity contribution in [1.82, 2.24) is 19.7 Å². The number of carbonyl (C=O) groups is 2. The number of aliphatic carboxylic acids is 1. The van der Waals surface area contributed by atoms with Crippen molar-refractivity contribution in [3.8, 4) is 5.69 Å². The third kappa shape index (κ3) is 3.07. The van der Waals surface area contributed by atoms with E-state index < -0.39 is 12.1 Å². The molecule has 1 aromatic carbocycles. The highest BCUT2D eigenvalue weighted by Gasteiger charge is 2.29. The van der Waals surface area contributed by atoms with E-state index in [-0.39, 0.29) is 19.1 Å². The average Bonchev–Trinajstić information content (AvgIpc) is 3.08. The standard InChI is InChI=1S/C15H16N4O4/c1-10-6-11(19-9-16-8-17-19)2-3-12(10)14(20)18-4-5-23-13(7-18)15(21)22/h2-3,6,8-9,13H,4-5,7H2,1H3,(H,21,22)/t13-/m0/s1. The molecular weight excluding hydrogens is 300 g/mol. The maximum Gasteiger partial charge on any atom is 0.334 e. The molecule has 1 saturated heterocycles. The number of morpholine rings is 1. The second-order valence-corrected chi connectivity index (χ2v) is 5.29. The van der Waals surface area contributed by atoms with Crippen molar-refractivity contribution in [3.63, 3.8) is 0 Å². The Labute approximate surface area is 132 Å². The van der Waals surface area contributed by atoms with Crippen LogP contribution in [0.4, 0.5) is 0 Å². The minimum Gasteiger partial charge on any atom is -0.479 e. The minimum atomic E-state index is -1.05. The van der Waals surface area contributed by atoms with Crippen molar-refractivity contribution < 1.29 is 19.4 Å². The van der Waals surface area contributed by atoms with E-state index in [1.54, 1.807) is 23.1 Å². The molecule has 8 heteroatoms. The molecule has 0 spiro atoms. The van der Waals surface area contributed by atoms with Crippen LogP contribution in [0.1, 0.15) is 15.9 Å². The molecule has 120 valence electrons. The Morgan fingerprint density at radius 2 is 2.22 bits per heavy atom. The van der Waals surface area contributed by atoms with E-state index in [2.05, 4.69) is 10.1 Å². The first-order chi connectivity index (χ1) is 11.1. The van der Waals surface area contributed by atoms with Gasteiger partial charge < -0.3 is 14.7 Å². The van der Waals surface area contributed by atoms with Gasteiger partial charge in [-0.25, -0.2) is 14.5 Å². The maximum atomic E-state index is 12.6. The van der Waals surface area contributed by atoms with Crippen LogP contribution < -0.4 is 0 Å². The van der Waals surface area contributed by atoms with Gasteiger partial charge in [0.2, 0.25) is 0 Å². The number of carboxylic acids is 1. The summed E-state index contributed by atoms with van der Waals surface area (Å²) in [6, 6.07) is 5.35. The molecule has 0 radical (unpaired) electrons. The number of ether oxygens (including phenoxy) is 1. The fourth-order valence-corrected chi connectivity index (χ4v) is 2.53. The normalized spacial score (nSPS) is 18.0. The summed E-state index contributed by atoms with van der Waals surface area (Å²) in [6.07, 6.45) is 2.05. The van der Waals surface area contributed by atoms with Crippen LogP contribution in [0.5, 0.6) is 0 Å². The second kappa shape index (κ2) is 6.17. The highest BCUT2D eigenvalue weighted by molar-refractivity contribution is 5.96. The van der Waals surface area contributed by atoms with E-state index >= 15 is 0 Å². The van der Waals surface area contributed by atoms with Gasteiger partial charge >= 0.3 is 5.97 Å². The van der Waals surface area contributed by atoms with E-state index in [1.165, 1.54) is 11.2 Å². The lowest BCUT2D eigenvalue weighted by Crippen LogP contribution is -2.48. The Morgan fingerprint density at radius 3 is 2.87 bits per heavy atom. The Morgan fingerprint density at radius 1 is 1.39 bits per heavy atom. The van der Waals surface area contributed by atoms with E-state index in [0.717, 1.165) is 11.3 Å². The number of carbonyl (C=O) groups excluding carboxylic acids is 1. The molecular formula is C15H16N4O4. The van der Waals surface area contributed by atoms with Gasteiger partial charge in [0.05, 0.1) is 18.8 Å². The lowest BCUT2D eigenvalue weighted by Gasteiger charge is -2.31. The molecule has 0 saturated carbocycles. The summed E-state index contributed by atoms with van der Waals surface area (Å²) in [6.45, 7) is 2.49. The number of benzene rings is 1. The van der Waals surface area contributed by atoms with Crippen LogP contribution >= 0.6 is 0 Å². The summed E-state index contributed by atoms with van der Waals surface area (Å²) in [4.78, 5) is 29.1. The summed E-state index contributed by atoms with van der Waals surface area (Å²) < 4.78 is 6.75. The first kappa shape index (κ1) is 15.2. The van der Waals surface area contributed by atoms with E-state index in [4.69, 9.17) is 9.84 Å². The van der Waals surface area contributed by atoms with Crippen LogP contribution in [0.3, 0.4) is 0 Å². The zero-order valence-corrected chi connectivity index (χ0v) is 12.5. The summed E-state index contributed by atoms with van der Waals surface area (Å²) >= 11 is 0. The van der Waals surface area contributed by atoms with Crippen molar-refractivity contribution in [2.24, 2.45) is 0 Å². The monoisotopic (exact) mass is 316 g/mol. The largest absolute Gasteiger partial charge is 0.479 e. The summed E-state index contributed by atoms with van der Waals surface area (Å²) in [7, 11) is 0. The third-order valence-electron chi connectivity index (χ3n) is 3.75. The van der Waals surface area contributed by atoms with Crippen molar-refractivity contribution in [3.05, 3.63) is 42.0 Å². The Hall–Kier alpha value is -2.74. The number of hydrogen-bond acceptors (Lipinski definition) is 5. The van der Waals surface area contributed by atoms with Gasteiger partial charge in [-0.15, -0.1) is 0 Å². The molecule has 1 aliphatic heterocycles. The summed E-state index contributed by atoms with van der Waals surface area (Å²) in [5, 5.41) is 13.1. The maximum absolute atomic E-state index is 12.6. The smallest absolute Gasteiger partial charge is 0.334 e. The molecule has 1 fully saturated rings. The molecule has 3 rings (SSSR count). The molecule has 0 unspecified atom stereocenters. The highest BCUT2D eigenvalue weighted by Crippen LogP contribution is 2.17. The SMILES string of the molecule is Cc1cc(-n2cncn2)ccc1C(=O)N1CCO[C@H](C(=O)O)C1. The molecule has 1 aliphatic rings. The lowest BCUT2D eigenvalue weighted by atomic mass is 10.1. The van der Waals surface area contributed by atoms with Crippen LogP contribution in [0.25, 0.3) is 5.69 Å². The highest BCUT2D eigenvalue weighted by atomic mass is 16.5. The fraction of sp³-hybridized carbons (Fsp3) is 0.333. The number of aryl methyl sites for hydroxylation is 1. The van der Waals surface area contributed by atoms with Crippen LogP contribution in [-0.2, 0) is 9.53 Å². The van der Waals surface area contributed by atoms with E-state index in [0.29, 0.717) is 12.1 Å². The molecule has 2 aromatic rings. The number of hydrogen-bond donors (Lipinski definition) is 1. The predicted molar refractivity (Wildman–Crippen MR) is 79.4 cm³/mol.